The van der Waals surface area contributed by atoms with Gasteiger partial charge in [-0.1, -0.05) is 6.07 Å². The predicted octanol–water partition coefficient (Wildman–Crippen LogP) is 3.64. The average molecular weight is 437 g/mol. The third-order valence-corrected chi connectivity index (χ3v) is 6.61. The van der Waals surface area contributed by atoms with E-state index in [9.17, 15) is 4.79 Å². The van der Waals surface area contributed by atoms with Crippen LogP contribution in [0.4, 0.5) is 17.5 Å². The number of nitrogens with one attached hydrogen (secondary N) is 2. The molecule has 1 heterocycles. The van der Waals surface area contributed by atoms with Crippen LogP contribution in [-0.4, -0.2) is 56.1 Å². The van der Waals surface area contributed by atoms with E-state index in [4.69, 9.17) is 9.97 Å². The Kier molecular flexibility index (Phi) is 6.82. The zero-order valence-corrected chi connectivity index (χ0v) is 19.8. The summed E-state index contributed by atoms with van der Waals surface area (Å²) in [6.45, 7) is 0. The van der Waals surface area contributed by atoms with Crippen molar-refractivity contribution in [1.29, 1.82) is 0 Å². The van der Waals surface area contributed by atoms with Crippen molar-refractivity contribution in [2.75, 3.05) is 43.3 Å². The molecule has 7 nitrogen and oxygen atoms in total. The Balaban J connectivity index is 1.34. The zero-order valence-electron chi connectivity index (χ0n) is 19.8. The van der Waals surface area contributed by atoms with Crippen LogP contribution in [0.5, 0.6) is 0 Å². The number of aryl methyl sites for hydroxylation is 1. The van der Waals surface area contributed by atoms with Crippen molar-refractivity contribution in [3.63, 3.8) is 0 Å². The van der Waals surface area contributed by atoms with Gasteiger partial charge in [-0.05, 0) is 69.6 Å². The molecule has 4 rings (SSSR count). The summed E-state index contributed by atoms with van der Waals surface area (Å²) in [5.74, 6) is 1.82. The van der Waals surface area contributed by atoms with E-state index >= 15 is 0 Å². The van der Waals surface area contributed by atoms with Crippen LogP contribution in [-0.2, 0) is 12.8 Å². The summed E-state index contributed by atoms with van der Waals surface area (Å²) in [5.41, 5.74) is 4.28. The van der Waals surface area contributed by atoms with Gasteiger partial charge >= 0.3 is 0 Å². The number of anilines is 3. The summed E-state index contributed by atoms with van der Waals surface area (Å²) in [4.78, 5) is 26.5. The van der Waals surface area contributed by atoms with E-state index in [0.717, 1.165) is 61.5 Å². The molecule has 0 saturated heterocycles. The molecule has 0 bridgehead atoms. The zero-order chi connectivity index (χ0) is 22.7. The van der Waals surface area contributed by atoms with Gasteiger partial charge in [0.2, 0.25) is 5.95 Å². The lowest BCUT2D eigenvalue weighted by molar-refractivity contribution is 0.0926. The van der Waals surface area contributed by atoms with Crippen molar-refractivity contribution in [2.45, 2.75) is 63.5 Å². The first kappa shape index (κ1) is 22.4. The molecule has 1 aromatic heterocycles. The number of nitrogens with zero attached hydrogens (tertiary/aromatic N) is 4. The summed E-state index contributed by atoms with van der Waals surface area (Å²) in [6, 6.07) is 8.33. The number of carbonyl (C=O) groups is 1. The first-order valence-electron chi connectivity index (χ1n) is 11.8. The Morgan fingerprint density at radius 2 is 1.66 bits per heavy atom. The van der Waals surface area contributed by atoms with E-state index in [1.807, 2.05) is 43.3 Å². The fourth-order valence-corrected chi connectivity index (χ4v) is 4.77. The van der Waals surface area contributed by atoms with Crippen LogP contribution >= 0.6 is 0 Å². The molecule has 32 heavy (non-hydrogen) atoms. The SMILES string of the molecule is CN(C)c1cccc(C(=O)NC2CCC(Nc3nc4c(c(N(C)C)n3)CCCC4)CC2)c1. The molecular weight excluding hydrogens is 400 g/mol. The van der Waals surface area contributed by atoms with Crippen LogP contribution in [0.1, 0.15) is 60.1 Å². The monoisotopic (exact) mass is 436 g/mol. The lowest BCUT2D eigenvalue weighted by atomic mass is 9.91. The lowest BCUT2D eigenvalue weighted by Gasteiger charge is -2.30. The second-order valence-electron chi connectivity index (χ2n) is 9.51. The Labute approximate surface area is 191 Å². The van der Waals surface area contributed by atoms with Gasteiger partial charge in [-0.3, -0.25) is 4.79 Å². The van der Waals surface area contributed by atoms with Crippen molar-refractivity contribution in [2.24, 2.45) is 0 Å². The summed E-state index contributed by atoms with van der Waals surface area (Å²) < 4.78 is 0. The quantitative estimate of drug-likeness (QED) is 0.720. The first-order chi connectivity index (χ1) is 15.4. The van der Waals surface area contributed by atoms with Gasteiger partial charge in [-0.15, -0.1) is 0 Å². The highest BCUT2D eigenvalue weighted by molar-refractivity contribution is 5.95. The molecule has 0 radical (unpaired) electrons. The molecule has 2 aromatic rings. The lowest BCUT2D eigenvalue weighted by Crippen LogP contribution is -2.40. The molecule has 2 N–H and O–H groups in total. The van der Waals surface area contributed by atoms with Gasteiger partial charge in [0.05, 0.1) is 5.69 Å². The number of amides is 1. The van der Waals surface area contributed by atoms with E-state index in [1.165, 1.54) is 24.1 Å². The van der Waals surface area contributed by atoms with Crippen LogP contribution in [0, 0.1) is 0 Å². The number of benzene rings is 1. The van der Waals surface area contributed by atoms with Crippen molar-refractivity contribution >= 4 is 23.4 Å². The number of rotatable bonds is 6. The molecule has 172 valence electrons. The van der Waals surface area contributed by atoms with Gasteiger partial charge in [-0.25, -0.2) is 4.98 Å². The highest BCUT2D eigenvalue weighted by Crippen LogP contribution is 2.29. The van der Waals surface area contributed by atoms with E-state index < -0.39 is 0 Å². The minimum Gasteiger partial charge on any atom is -0.378 e. The molecule has 0 unspecified atom stereocenters. The Hall–Kier alpha value is -2.83. The topological polar surface area (TPSA) is 73.4 Å². The largest absolute Gasteiger partial charge is 0.378 e. The van der Waals surface area contributed by atoms with Crippen molar-refractivity contribution in [3.05, 3.63) is 41.1 Å². The summed E-state index contributed by atoms with van der Waals surface area (Å²) in [7, 11) is 8.09. The average Bonchev–Trinajstić information content (AvgIpc) is 2.79. The normalized spacial score (nSPS) is 20.2. The third-order valence-electron chi connectivity index (χ3n) is 6.61. The maximum Gasteiger partial charge on any atom is 0.251 e. The molecule has 0 atom stereocenters. The number of aromatic nitrogens is 2. The molecule has 7 heteroatoms. The number of fused-ring (bicyclic) bond motifs is 1. The standard InChI is InChI=1S/C25H36N6O/c1-30(2)20-9-7-8-17(16-20)24(32)26-18-12-14-19(15-13-18)27-25-28-22-11-6-5-10-21(22)23(29-25)31(3)4/h7-9,16,18-19H,5-6,10-15H2,1-4H3,(H,26,32)(H,27,28,29). The Bertz CT molecular complexity index is 949. The molecule has 1 aromatic carbocycles. The molecule has 1 fully saturated rings. The van der Waals surface area contributed by atoms with E-state index in [2.05, 4.69) is 29.6 Å². The van der Waals surface area contributed by atoms with E-state index in [-0.39, 0.29) is 11.9 Å². The Morgan fingerprint density at radius 1 is 0.938 bits per heavy atom. The smallest absolute Gasteiger partial charge is 0.251 e. The van der Waals surface area contributed by atoms with Crippen LogP contribution in [0.2, 0.25) is 0 Å². The fraction of sp³-hybridized carbons (Fsp3) is 0.560. The van der Waals surface area contributed by atoms with Gasteiger partial charge in [0, 0.05) is 57.1 Å². The third kappa shape index (κ3) is 5.14. The van der Waals surface area contributed by atoms with Gasteiger partial charge in [0.25, 0.3) is 5.91 Å². The van der Waals surface area contributed by atoms with E-state index in [1.54, 1.807) is 0 Å². The number of carbonyl (C=O) groups excluding carboxylic acids is 1. The number of hydrogen-bond donors (Lipinski definition) is 2. The van der Waals surface area contributed by atoms with Gasteiger partial charge < -0.3 is 20.4 Å². The molecule has 1 saturated carbocycles. The first-order valence-corrected chi connectivity index (χ1v) is 11.8. The summed E-state index contributed by atoms with van der Waals surface area (Å²) in [6.07, 6.45) is 8.47. The van der Waals surface area contributed by atoms with Crippen LogP contribution < -0.4 is 20.4 Å². The predicted molar refractivity (Wildman–Crippen MR) is 131 cm³/mol. The van der Waals surface area contributed by atoms with Crippen molar-refractivity contribution in [3.8, 4) is 0 Å². The molecular formula is C25H36N6O. The van der Waals surface area contributed by atoms with E-state index in [0.29, 0.717) is 6.04 Å². The molecule has 0 spiro atoms. The van der Waals surface area contributed by atoms with Crippen molar-refractivity contribution in [1.82, 2.24) is 15.3 Å². The molecule has 2 aliphatic carbocycles. The van der Waals surface area contributed by atoms with Gasteiger partial charge in [0.1, 0.15) is 5.82 Å². The maximum absolute atomic E-state index is 12.7. The molecule has 1 amide bonds. The second kappa shape index (κ2) is 9.76. The van der Waals surface area contributed by atoms with Crippen molar-refractivity contribution < 1.29 is 4.79 Å². The highest BCUT2D eigenvalue weighted by Gasteiger charge is 2.25. The minimum atomic E-state index is 0.0127. The molecule has 2 aliphatic rings. The maximum atomic E-state index is 12.7. The second-order valence-corrected chi connectivity index (χ2v) is 9.51. The summed E-state index contributed by atoms with van der Waals surface area (Å²) >= 11 is 0. The number of hydrogen-bond acceptors (Lipinski definition) is 6. The van der Waals surface area contributed by atoms with Gasteiger partial charge in [0.15, 0.2) is 0 Å². The highest BCUT2D eigenvalue weighted by atomic mass is 16.1. The minimum absolute atomic E-state index is 0.0127. The fourth-order valence-electron chi connectivity index (χ4n) is 4.77. The van der Waals surface area contributed by atoms with Crippen LogP contribution in [0.25, 0.3) is 0 Å². The van der Waals surface area contributed by atoms with Crippen LogP contribution in [0.3, 0.4) is 0 Å². The summed E-state index contributed by atoms with van der Waals surface area (Å²) in [5, 5.41) is 6.81. The Morgan fingerprint density at radius 3 is 2.38 bits per heavy atom. The molecule has 0 aliphatic heterocycles. The van der Waals surface area contributed by atoms with Crippen LogP contribution in [0.15, 0.2) is 24.3 Å². The van der Waals surface area contributed by atoms with Gasteiger partial charge in [-0.2, -0.15) is 4.98 Å².